The fourth-order valence-corrected chi connectivity index (χ4v) is 2.48. The van der Waals surface area contributed by atoms with Crippen molar-refractivity contribution in [2.24, 2.45) is 0 Å². The van der Waals surface area contributed by atoms with Crippen molar-refractivity contribution in [2.45, 2.75) is 20.0 Å². The third-order valence-corrected chi connectivity index (χ3v) is 3.83. The van der Waals surface area contributed by atoms with Crippen LogP contribution in [0.5, 0.6) is 5.75 Å². The Morgan fingerprint density at radius 1 is 1.00 bits per heavy atom. The van der Waals surface area contributed by atoms with Crippen LogP contribution in [0.15, 0.2) is 67.0 Å². The first-order chi connectivity index (χ1) is 13.0. The lowest BCUT2D eigenvalue weighted by molar-refractivity contribution is 0.0992. The summed E-state index contributed by atoms with van der Waals surface area (Å²) in [7, 11) is 1.73. The fraction of sp³-hybridized carbons (Fsp3) is 0.190. The Balaban J connectivity index is 1.65. The zero-order valence-electron chi connectivity index (χ0n) is 15.6. The van der Waals surface area contributed by atoms with E-state index in [2.05, 4.69) is 15.3 Å². The highest BCUT2D eigenvalue weighted by Crippen LogP contribution is 2.19. The van der Waals surface area contributed by atoms with Crippen molar-refractivity contribution in [3.8, 4) is 5.75 Å². The number of ether oxygens (including phenoxy) is 1. The maximum absolute atomic E-state index is 12.6. The van der Waals surface area contributed by atoms with Crippen molar-refractivity contribution in [3.05, 3.63) is 72.6 Å². The van der Waals surface area contributed by atoms with Gasteiger partial charge >= 0.3 is 0 Å². The van der Waals surface area contributed by atoms with Crippen molar-refractivity contribution in [3.63, 3.8) is 0 Å². The molecule has 0 radical (unpaired) electrons. The fourth-order valence-electron chi connectivity index (χ4n) is 2.48. The third kappa shape index (κ3) is 4.82. The molecule has 0 aliphatic carbocycles. The summed E-state index contributed by atoms with van der Waals surface area (Å²) in [5.74, 6) is 1.07. The molecule has 1 heterocycles. The van der Waals surface area contributed by atoms with Crippen LogP contribution in [0.1, 0.15) is 24.2 Å². The first-order valence-electron chi connectivity index (χ1n) is 8.72. The van der Waals surface area contributed by atoms with E-state index < -0.39 is 0 Å². The Hall–Kier alpha value is -3.41. The second-order valence-electron chi connectivity index (χ2n) is 6.31. The minimum atomic E-state index is -0.164. The van der Waals surface area contributed by atoms with Crippen LogP contribution in [-0.4, -0.2) is 29.0 Å². The highest BCUT2D eigenvalue weighted by atomic mass is 16.5. The lowest BCUT2D eigenvalue weighted by Crippen LogP contribution is -2.26. The van der Waals surface area contributed by atoms with Crippen LogP contribution in [0.2, 0.25) is 0 Å². The number of hydrogen-bond donors (Lipinski definition) is 1. The molecule has 0 aliphatic heterocycles. The molecule has 1 amide bonds. The van der Waals surface area contributed by atoms with Gasteiger partial charge in [-0.1, -0.05) is 18.2 Å². The summed E-state index contributed by atoms with van der Waals surface area (Å²) in [5.41, 5.74) is 2.08. The molecule has 0 aliphatic rings. The number of para-hydroxylation sites is 1. The average Bonchev–Trinajstić information content (AvgIpc) is 2.69. The van der Waals surface area contributed by atoms with Gasteiger partial charge in [-0.2, -0.15) is 0 Å². The van der Waals surface area contributed by atoms with Crippen molar-refractivity contribution < 1.29 is 9.53 Å². The summed E-state index contributed by atoms with van der Waals surface area (Å²) >= 11 is 0. The zero-order chi connectivity index (χ0) is 19.2. The molecule has 2 aromatic carbocycles. The minimum Gasteiger partial charge on any atom is -0.491 e. The van der Waals surface area contributed by atoms with E-state index in [0.29, 0.717) is 11.5 Å². The molecular weight excluding hydrogens is 340 g/mol. The number of benzene rings is 2. The number of nitrogens with one attached hydrogen (secondary N) is 1. The Labute approximate surface area is 158 Å². The SMILES string of the molecule is CC(C)Oc1ccc(Nc2ncc(C(=O)N(C)c3ccccc3)cn2)cc1. The molecule has 3 rings (SSSR count). The molecule has 0 bridgehead atoms. The lowest BCUT2D eigenvalue weighted by atomic mass is 10.2. The van der Waals surface area contributed by atoms with Crippen LogP contribution >= 0.6 is 0 Å². The van der Waals surface area contributed by atoms with E-state index in [9.17, 15) is 4.79 Å². The highest BCUT2D eigenvalue weighted by Gasteiger charge is 2.14. The van der Waals surface area contributed by atoms with Crippen LogP contribution in [0.25, 0.3) is 0 Å². The van der Waals surface area contributed by atoms with Gasteiger partial charge in [-0.25, -0.2) is 9.97 Å². The molecule has 1 aromatic heterocycles. The van der Waals surface area contributed by atoms with Gasteiger partial charge in [0.25, 0.3) is 5.91 Å². The Bertz CT molecular complexity index is 878. The van der Waals surface area contributed by atoms with E-state index >= 15 is 0 Å². The summed E-state index contributed by atoms with van der Waals surface area (Å²) in [6.45, 7) is 3.97. The summed E-state index contributed by atoms with van der Waals surface area (Å²) in [6.07, 6.45) is 3.17. The van der Waals surface area contributed by atoms with E-state index in [-0.39, 0.29) is 12.0 Å². The molecule has 0 spiro atoms. The molecule has 3 aromatic rings. The molecule has 6 nitrogen and oxygen atoms in total. The quantitative estimate of drug-likeness (QED) is 0.709. The van der Waals surface area contributed by atoms with Crippen LogP contribution in [0, 0.1) is 0 Å². The first-order valence-corrected chi connectivity index (χ1v) is 8.72. The van der Waals surface area contributed by atoms with E-state index in [0.717, 1.165) is 17.1 Å². The largest absolute Gasteiger partial charge is 0.491 e. The number of carbonyl (C=O) groups excluding carboxylic acids is 1. The van der Waals surface area contributed by atoms with Crippen LogP contribution in [-0.2, 0) is 0 Å². The molecule has 0 saturated heterocycles. The number of anilines is 3. The summed E-state index contributed by atoms with van der Waals surface area (Å²) in [6, 6.07) is 17.0. The van der Waals surface area contributed by atoms with Gasteiger partial charge in [0.1, 0.15) is 5.75 Å². The molecule has 27 heavy (non-hydrogen) atoms. The normalized spacial score (nSPS) is 10.5. The molecule has 0 fully saturated rings. The maximum atomic E-state index is 12.6. The van der Waals surface area contributed by atoms with Crippen LogP contribution in [0.4, 0.5) is 17.3 Å². The number of aromatic nitrogens is 2. The Kier molecular flexibility index (Phi) is 5.66. The van der Waals surface area contributed by atoms with Gasteiger partial charge in [0.05, 0.1) is 11.7 Å². The van der Waals surface area contributed by atoms with Crippen molar-refractivity contribution in [1.29, 1.82) is 0 Å². The van der Waals surface area contributed by atoms with Gasteiger partial charge in [0.15, 0.2) is 0 Å². The molecular formula is C21H22N4O2. The van der Waals surface area contributed by atoms with E-state index in [1.165, 1.54) is 12.4 Å². The van der Waals surface area contributed by atoms with Gasteiger partial charge in [-0.3, -0.25) is 4.79 Å². The topological polar surface area (TPSA) is 67.3 Å². The van der Waals surface area contributed by atoms with E-state index in [1.54, 1.807) is 11.9 Å². The third-order valence-electron chi connectivity index (χ3n) is 3.83. The van der Waals surface area contributed by atoms with Gasteiger partial charge < -0.3 is 15.0 Å². The number of amides is 1. The monoisotopic (exact) mass is 362 g/mol. The Morgan fingerprint density at radius 3 is 2.22 bits per heavy atom. The first kappa shape index (κ1) is 18.4. The van der Waals surface area contributed by atoms with Crippen LogP contribution < -0.4 is 15.0 Å². The summed E-state index contributed by atoms with van der Waals surface area (Å²) in [5, 5.41) is 3.11. The lowest BCUT2D eigenvalue weighted by Gasteiger charge is -2.17. The highest BCUT2D eigenvalue weighted by molar-refractivity contribution is 6.05. The molecule has 0 saturated carbocycles. The smallest absolute Gasteiger partial charge is 0.261 e. The van der Waals surface area contributed by atoms with E-state index in [1.807, 2.05) is 68.4 Å². The van der Waals surface area contributed by atoms with E-state index in [4.69, 9.17) is 4.74 Å². The van der Waals surface area contributed by atoms with Gasteiger partial charge in [0.2, 0.25) is 5.95 Å². The molecule has 138 valence electrons. The predicted molar refractivity (Wildman–Crippen MR) is 107 cm³/mol. The molecule has 0 atom stereocenters. The zero-order valence-corrected chi connectivity index (χ0v) is 15.6. The van der Waals surface area contributed by atoms with Gasteiger partial charge in [-0.05, 0) is 50.2 Å². The second kappa shape index (κ2) is 8.31. The minimum absolute atomic E-state index is 0.131. The predicted octanol–water partition coefficient (Wildman–Crippen LogP) is 4.28. The van der Waals surface area contributed by atoms with Crippen LogP contribution in [0.3, 0.4) is 0 Å². The van der Waals surface area contributed by atoms with Crippen molar-refractivity contribution >= 4 is 23.2 Å². The van der Waals surface area contributed by atoms with Gasteiger partial charge in [0, 0.05) is 30.8 Å². The number of carbonyl (C=O) groups is 1. The number of hydrogen-bond acceptors (Lipinski definition) is 5. The van der Waals surface area contributed by atoms with Crippen molar-refractivity contribution in [1.82, 2.24) is 9.97 Å². The second-order valence-corrected chi connectivity index (χ2v) is 6.31. The number of rotatable bonds is 6. The molecule has 1 N–H and O–H groups in total. The standard InChI is InChI=1S/C21H22N4O2/c1-15(2)27-19-11-9-17(10-12-19)24-21-22-13-16(14-23-21)20(26)25(3)18-7-5-4-6-8-18/h4-15H,1-3H3,(H,22,23,24). The maximum Gasteiger partial charge on any atom is 0.261 e. The molecule has 6 heteroatoms. The average molecular weight is 362 g/mol. The summed E-state index contributed by atoms with van der Waals surface area (Å²) in [4.78, 5) is 22.6. The molecule has 0 unspecified atom stereocenters. The number of nitrogens with zero attached hydrogens (tertiary/aromatic N) is 3. The summed E-state index contributed by atoms with van der Waals surface area (Å²) < 4.78 is 5.62. The Morgan fingerprint density at radius 2 is 1.63 bits per heavy atom. The van der Waals surface area contributed by atoms with Crippen molar-refractivity contribution in [2.75, 3.05) is 17.3 Å². The van der Waals surface area contributed by atoms with Gasteiger partial charge in [-0.15, -0.1) is 0 Å².